The lowest BCUT2D eigenvalue weighted by atomic mass is 9.97. The number of nitrogens with zero attached hydrogens (tertiary/aromatic N) is 1. The van der Waals surface area contributed by atoms with Crippen LogP contribution in [0.1, 0.15) is 39.2 Å². The molecule has 2 nitrogen and oxygen atoms in total. The Morgan fingerprint density at radius 3 is 2.70 bits per heavy atom. The Hall–Kier alpha value is -0.860. The molecule has 1 N–H and O–H groups in total. The highest BCUT2D eigenvalue weighted by atomic mass is 15.2. The van der Waals surface area contributed by atoms with Crippen molar-refractivity contribution >= 4 is 0 Å². The minimum atomic E-state index is 0.602. The molecule has 1 aromatic rings. The Morgan fingerprint density at radius 2 is 2.00 bits per heavy atom. The molecule has 0 aromatic heterocycles. The van der Waals surface area contributed by atoms with Gasteiger partial charge < -0.3 is 5.32 Å². The standard InChI is InChI=1S/C18H30N2/c1-4-15(2)12-16(3)20-11-10-19-18(14-20)13-17-8-6-5-7-9-17/h5-9,15-16,18-19H,4,10-14H2,1-3H3. The van der Waals surface area contributed by atoms with Crippen LogP contribution in [0, 0.1) is 5.92 Å². The summed E-state index contributed by atoms with van der Waals surface area (Å²) in [5.74, 6) is 0.840. The van der Waals surface area contributed by atoms with Crippen LogP contribution in [0.2, 0.25) is 0 Å². The lowest BCUT2D eigenvalue weighted by Crippen LogP contribution is -2.54. The maximum absolute atomic E-state index is 3.68. The number of hydrogen-bond donors (Lipinski definition) is 1. The predicted molar refractivity (Wildman–Crippen MR) is 87.0 cm³/mol. The van der Waals surface area contributed by atoms with E-state index >= 15 is 0 Å². The molecule has 2 heteroatoms. The number of benzene rings is 1. The summed E-state index contributed by atoms with van der Waals surface area (Å²) >= 11 is 0. The minimum Gasteiger partial charge on any atom is -0.311 e. The first-order chi connectivity index (χ1) is 9.69. The van der Waals surface area contributed by atoms with Gasteiger partial charge in [-0.05, 0) is 31.2 Å². The van der Waals surface area contributed by atoms with Gasteiger partial charge in [-0.3, -0.25) is 4.90 Å². The van der Waals surface area contributed by atoms with E-state index in [0.29, 0.717) is 12.1 Å². The first kappa shape index (κ1) is 15.5. The van der Waals surface area contributed by atoms with Gasteiger partial charge in [0.15, 0.2) is 0 Å². The van der Waals surface area contributed by atoms with Crippen molar-refractivity contribution in [1.82, 2.24) is 10.2 Å². The predicted octanol–water partition coefficient (Wildman–Crippen LogP) is 3.33. The summed E-state index contributed by atoms with van der Waals surface area (Å²) in [6, 6.07) is 12.2. The molecule has 1 saturated heterocycles. The van der Waals surface area contributed by atoms with Crippen LogP contribution in [0.4, 0.5) is 0 Å². The average molecular weight is 274 g/mol. The van der Waals surface area contributed by atoms with Crippen LogP contribution in [-0.4, -0.2) is 36.6 Å². The Labute approximate surface area is 124 Å². The summed E-state index contributed by atoms with van der Waals surface area (Å²) in [5, 5.41) is 3.68. The van der Waals surface area contributed by atoms with Gasteiger partial charge in [0.25, 0.3) is 0 Å². The fourth-order valence-electron chi connectivity index (χ4n) is 3.18. The molecule has 1 aliphatic rings. The second-order valence-electron chi connectivity index (χ2n) is 6.43. The molecular formula is C18H30N2. The van der Waals surface area contributed by atoms with Crippen LogP contribution in [0.15, 0.2) is 30.3 Å². The third kappa shape index (κ3) is 4.60. The maximum atomic E-state index is 3.68. The second kappa shape index (κ2) is 7.80. The summed E-state index contributed by atoms with van der Waals surface area (Å²) < 4.78 is 0. The van der Waals surface area contributed by atoms with Crippen LogP contribution >= 0.6 is 0 Å². The largest absolute Gasteiger partial charge is 0.311 e. The molecule has 1 aromatic carbocycles. The summed E-state index contributed by atoms with van der Waals surface area (Å²) in [5.41, 5.74) is 1.45. The fraction of sp³-hybridized carbons (Fsp3) is 0.667. The van der Waals surface area contributed by atoms with Gasteiger partial charge >= 0.3 is 0 Å². The highest BCUT2D eigenvalue weighted by Gasteiger charge is 2.23. The molecule has 20 heavy (non-hydrogen) atoms. The zero-order valence-electron chi connectivity index (χ0n) is 13.3. The van der Waals surface area contributed by atoms with E-state index in [1.807, 2.05) is 0 Å². The summed E-state index contributed by atoms with van der Waals surface area (Å²) in [4.78, 5) is 2.68. The lowest BCUT2D eigenvalue weighted by Gasteiger charge is -2.38. The van der Waals surface area contributed by atoms with Crippen molar-refractivity contribution < 1.29 is 0 Å². The highest BCUT2D eigenvalue weighted by molar-refractivity contribution is 5.16. The molecule has 0 saturated carbocycles. The van der Waals surface area contributed by atoms with E-state index in [1.165, 1.54) is 31.5 Å². The van der Waals surface area contributed by atoms with Gasteiger partial charge in [-0.15, -0.1) is 0 Å². The van der Waals surface area contributed by atoms with E-state index < -0.39 is 0 Å². The molecular weight excluding hydrogens is 244 g/mol. The van der Waals surface area contributed by atoms with Gasteiger partial charge in [0.05, 0.1) is 0 Å². The van der Waals surface area contributed by atoms with Crippen LogP contribution in [-0.2, 0) is 6.42 Å². The summed E-state index contributed by atoms with van der Waals surface area (Å²) in [6.45, 7) is 10.6. The fourth-order valence-corrected chi connectivity index (χ4v) is 3.18. The van der Waals surface area contributed by atoms with Crippen molar-refractivity contribution in [2.24, 2.45) is 5.92 Å². The monoisotopic (exact) mass is 274 g/mol. The van der Waals surface area contributed by atoms with Gasteiger partial charge in [-0.1, -0.05) is 50.6 Å². The Kier molecular flexibility index (Phi) is 6.06. The van der Waals surface area contributed by atoms with E-state index in [-0.39, 0.29) is 0 Å². The number of hydrogen-bond acceptors (Lipinski definition) is 2. The van der Waals surface area contributed by atoms with E-state index in [2.05, 4.69) is 61.3 Å². The number of nitrogens with one attached hydrogen (secondary N) is 1. The van der Waals surface area contributed by atoms with Gasteiger partial charge in [0, 0.05) is 31.7 Å². The molecule has 0 aliphatic carbocycles. The maximum Gasteiger partial charge on any atom is 0.0236 e. The van der Waals surface area contributed by atoms with E-state index in [4.69, 9.17) is 0 Å². The Morgan fingerprint density at radius 1 is 1.25 bits per heavy atom. The second-order valence-corrected chi connectivity index (χ2v) is 6.43. The molecule has 0 spiro atoms. The van der Waals surface area contributed by atoms with Crippen LogP contribution < -0.4 is 5.32 Å². The Balaban J connectivity index is 1.85. The van der Waals surface area contributed by atoms with Gasteiger partial charge in [-0.25, -0.2) is 0 Å². The average Bonchev–Trinajstić information content (AvgIpc) is 2.48. The topological polar surface area (TPSA) is 15.3 Å². The summed E-state index contributed by atoms with van der Waals surface area (Å²) in [7, 11) is 0. The van der Waals surface area contributed by atoms with Gasteiger partial charge in [-0.2, -0.15) is 0 Å². The highest BCUT2D eigenvalue weighted by Crippen LogP contribution is 2.17. The summed E-state index contributed by atoms with van der Waals surface area (Å²) in [6.07, 6.45) is 3.77. The Bertz CT molecular complexity index is 376. The normalized spacial score (nSPS) is 23.4. The molecule has 0 radical (unpaired) electrons. The van der Waals surface area contributed by atoms with E-state index in [1.54, 1.807) is 0 Å². The number of piperazine rings is 1. The quantitative estimate of drug-likeness (QED) is 0.856. The van der Waals surface area contributed by atoms with Crippen LogP contribution in [0.5, 0.6) is 0 Å². The molecule has 0 amide bonds. The van der Waals surface area contributed by atoms with E-state index in [9.17, 15) is 0 Å². The molecule has 1 heterocycles. The first-order valence-electron chi connectivity index (χ1n) is 8.20. The zero-order chi connectivity index (χ0) is 14.4. The molecule has 1 fully saturated rings. The number of rotatable bonds is 6. The van der Waals surface area contributed by atoms with Gasteiger partial charge in [0.1, 0.15) is 0 Å². The van der Waals surface area contributed by atoms with Crippen molar-refractivity contribution in [1.29, 1.82) is 0 Å². The molecule has 0 bridgehead atoms. The van der Waals surface area contributed by atoms with Crippen molar-refractivity contribution in [3.63, 3.8) is 0 Å². The van der Waals surface area contributed by atoms with Crippen molar-refractivity contribution in [3.05, 3.63) is 35.9 Å². The van der Waals surface area contributed by atoms with Crippen molar-refractivity contribution in [3.8, 4) is 0 Å². The first-order valence-corrected chi connectivity index (χ1v) is 8.20. The van der Waals surface area contributed by atoms with Crippen LogP contribution in [0.25, 0.3) is 0 Å². The minimum absolute atomic E-state index is 0.602. The van der Waals surface area contributed by atoms with Gasteiger partial charge in [0.2, 0.25) is 0 Å². The van der Waals surface area contributed by atoms with Crippen molar-refractivity contribution in [2.75, 3.05) is 19.6 Å². The SMILES string of the molecule is CCC(C)CC(C)N1CCNC(Cc2ccccc2)C1. The molecule has 3 unspecified atom stereocenters. The van der Waals surface area contributed by atoms with E-state index in [0.717, 1.165) is 18.9 Å². The van der Waals surface area contributed by atoms with Crippen molar-refractivity contribution in [2.45, 2.75) is 52.1 Å². The smallest absolute Gasteiger partial charge is 0.0236 e. The third-order valence-electron chi connectivity index (χ3n) is 4.68. The van der Waals surface area contributed by atoms with Crippen LogP contribution in [0.3, 0.4) is 0 Å². The lowest BCUT2D eigenvalue weighted by molar-refractivity contribution is 0.135. The molecule has 1 aliphatic heterocycles. The molecule has 3 atom stereocenters. The molecule has 112 valence electrons. The third-order valence-corrected chi connectivity index (χ3v) is 4.68. The molecule has 2 rings (SSSR count). The zero-order valence-corrected chi connectivity index (χ0v) is 13.3.